The Labute approximate surface area is 352 Å². The van der Waals surface area contributed by atoms with E-state index in [0.29, 0.717) is 0 Å². The van der Waals surface area contributed by atoms with Crippen LogP contribution in [0, 0.1) is 0 Å². The molecule has 1 nitrogen and oxygen atoms in total. The van der Waals surface area contributed by atoms with E-state index in [-0.39, 0.29) is 5.41 Å². The maximum absolute atomic E-state index is 2.43. The molecule has 0 bridgehead atoms. The minimum absolute atomic E-state index is 0.0763. The molecule has 10 aromatic carbocycles. The van der Waals surface area contributed by atoms with Crippen LogP contribution in [-0.2, 0) is 5.41 Å². The molecule has 0 fully saturated rings. The minimum atomic E-state index is -0.0763. The van der Waals surface area contributed by atoms with Crippen LogP contribution in [0.1, 0.15) is 25.0 Å². The summed E-state index contributed by atoms with van der Waals surface area (Å²) in [5, 5.41) is 4.99. The van der Waals surface area contributed by atoms with Gasteiger partial charge in [-0.2, -0.15) is 0 Å². The summed E-state index contributed by atoms with van der Waals surface area (Å²) in [4.78, 5) is 2.40. The average molecular weight is 766 g/mol. The molecule has 0 spiro atoms. The van der Waals surface area contributed by atoms with Gasteiger partial charge in [0.1, 0.15) is 0 Å². The Hall–Kier alpha value is -7.48. The van der Waals surface area contributed by atoms with Gasteiger partial charge in [0.15, 0.2) is 0 Å². The molecular formula is C59H43N. The van der Waals surface area contributed by atoms with E-state index in [1.165, 1.54) is 88.3 Å². The summed E-state index contributed by atoms with van der Waals surface area (Å²) in [6.45, 7) is 4.74. The number of benzene rings is 10. The lowest BCUT2D eigenvalue weighted by Crippen LogP contribution is -2.14. The Bertz CT molecular complexity index is 3100. The smallest absolute Gasteiger partial charge is 0.0540 e. The van der Waals surface area contributed by atoms with Crippen molar-refractivity contribution in [2.45, 2.75) is 19.3 Å². The van der Waals surface area contributed by atoms with Crippen LogP contribution in [-0.4, -0.2) is 0 Å². The Morgan fingerprint density at radius 1 is 0.317 bits per heavy atom. The summed E-state index contributed by atoms with van der Waals surface area (Å²) < 4.78 is 0. The lowest BCUT2D eigenvalue weighted by molar-refractivity contribution is 0.661. The predicted molar refractivity (Wildman–Crippen MR) is 255 cm³/mol. The zero-order chi connectivity index (χ0) is 40.2. The van der Waals surface area contributed by atoms with Crippen LogP contribution in [0.3, 0.4) is 0 Å². The predicted octanol–water partition coefficient (Wildman–Crippen LogP) is 16.4. The molecule has 0 saturated heterocycles. The largest absolute Gasteiger partial charge is 0.310 e. The van der Waals surface area contributed by atoms with E-state index in [9.17, 15) is 0 Å². The quantitative estimate of drug-likeness (QED) is 0.156. The van der Waals surface area contributed by atoms with E-state index in [0.717, 1.165) is 17.1 Å². The van der Waals surface area contributed by atoms with Crippen LogP contribution in [0.25, 0.3) is 77.2 Å². The Kier molecular flexibility index (Phi) is 8.57. The van der Waals surface area contributed by atoms with Gasteiger partial charge in [-0.1, -0.05) is 202 Å². The second-order valence-electron chi connectivity index (χ2n) is 16.5. The number of nitrogens with zero attached hydrogens (tertiary/aromatic N) is 1. The molecule has 0 amide bonds. The molecule has 0 atom stereocenters. The lowest BCUT2D eigenvalue weighted by atomic mass is 9.80. The highest BCUT2D eigenvalue weighted by atomic mass is 15.1. The van der Waals surface area contributed by atoms with E-state index >= 15 is 0 Å². The summed E-state index contributed by atoms with van der Waals surface area (Å²) in [5.74, 6) is 0. The van der Waals surface area contributed by atoms with Crippen molar-refractivity contribution in [1.82, 2.24) is 0 Å². The first kappa shape index (κ1) is 35.7. The molecule has 0 heterocycles. The van der Waals surface area contributed by atoms with Crippen molar-refractivity contribution >= 4 is 38.6 Å². The van der Waals surface area contributed by atoms with Gasteiger partial charge < -0.3 is 4.90 Å². The van der Waals surface area contributed by atoms with Crippen molar-refractivity contribution in [2.75, 3.05) is 4.90 Å². The molecule has 10 aromatic rings. The van der Waals surface area contributed by atoms with Crippen LogP contribution >= 0.6 is 0 Å². The number of rotatable bonds is 7. The SMILES string of the molecule is CC1(C)c2ccccc2-c2c1cc1ccccc1c2-c1ccc(-c2ccc(N(c3ccc(-c4ccccc4)cc3)c3ccc(-c4ccccc4)cc3)c3ccccc23)cc1. The summed E-state index contributed by atoms with van der Waals surface area (Å²) >= 11 is 0. The van der Waals surface area contributed by atoms with E-state index < -0.39 is 0 Å². The number of fused-ring (bicyclic) bond motifs is 5. The van der Waals surface area contributed by atoms with E-state index in [1.807, 2.05) is 0 Å². The number of hydrogen-bond acceptors (Lipinski definition) is 1. The van der Waals surface area contributed by atoms with Crippen LogP contribution in [0.4, 0.5) is 17.1 Å². The molecule has 0 unspecified atom stereocenters. The Morgan fingerprint density at radius 3 is 1.43 bits per heavy atom. The third kappa shape index (κ3) is 5.93. The second kappa shape index (κ2) is 14.4. The van der Waals surface area contributed by atoms with Crippen molar-refractivity contribution < 1.29 is 0 Å². The summed E-state index contributed by atoms with van der Waals surface area (Å²) in [6.07, 6.45) is 0. The molecule has 11 rings (SSSR count). The lowest BCUT2D eigenvalue weighted by Gasteiger charge is -2.28. The highest BCUT2D eigenvalue weighted by Crippen LogP contribution is 2.54. The van der Waals surface area contributed by atoms with Gasteiger partial charge >= 0.3 is 0 Å². The fraction of sp³-hybridized carbons (Fsp3) is 0.0508. The van der Waals surface area contributed by atoms with Crippen molar-refractivity contribution in [3.05, 3.63) is 236 Å². The van der Waals surface area contributed by atoms with Crippen LogP contribution in [0.2, 0.25) is 0 Å². The van der Waals surface area contributed by atoms with Gasteiger partial charge in [-0.3, -0.25) is 0 Å². The van der Waals surface area contributed by atoms with Crippen LogP contribution < -0.4 is 4.90 Å². The van der Waals surface area contributed by atoms with Crippen molar-refractivity contribution in [2.24, 2.45) is 0 Å². The Morgan fingerprint density at radius 2 is 0.800 bits per heavy atom. The third-order valence-corrected chi connectivity index (χ3v) is 12.7. The molecule has 0 radical (unpaired) electrons. The fourth-order valence-electron chi connectivity index (χ4n) is 9.65. The van der Waals surface area contributed by atoms with Crippen LogP contribution in [0.15, 0.2) is 224 Å². The maximum atomic E-state index is 2.43. The van der Waals surface area contributed by atoms with Gasteiger partial charge in [-0.05, 0) is 119 Å². The molecule has 284 valence electrons. The van der Waals surface area contributed by atoms with Gasteiger partial charge in [-0.25, -0.2) is 0 Å². The number of hydrogen-bond donors (Lipinski definition) is 0. The molecule has 60 heavy (non-hydrogen) atoms. The standard InChI is InChI=1S/C59H43N/c1-59(2)54-24-14-13-23-53(54)58-55(59)39-46-19-9-10-20-50(46)57(58)45-27-25-44(26-28-45)49-37-38-56(52-22-12-11-21-51(49)52)60(47-33-29-42(30-34-47)40-15-5-3-6-16-40)48-35-31-43(32-36-48)41-17-7-4-8-18-41/h3-39H,1-2H3. The summed E-state index contributed by atoms with van der Waals surface area (Å²) in [6, 6.07) is 82.2. The molecule has 0 aliphatic heterocycles. The number of anilines is 3. The molecule has 0 N–H and O–H groups in total. The van der Waals surface area contributed by atoms with E-state index in [4.69, 9.17) is 0 Å². The van der Waals surface area contributed by atoms with Gasteiger partial charge in [0, 0.05) is 22.2 Å². The zero-order valence-corrected chi connectivity index (χ0v) is 33.8. The molecule has 1 heteroatoms. The minimum Gasteiger partial charge on any atom is -0.310 e. The van der Waals surface area contributed by atoms with Gasteiger partial charge in [0.05, 0.1) is 5.69 Å². The van der Waals surface area contributed by atoms with Gasteiger partial charge in [-0.15, -0.1) is 0 Å². The summed E-state index contributed by atoms with van der Waals surface area (Å²) in [5.41, 5.74) is 18.6. The topological polar surface area (TPSA) is 3.24 Å². The van der Waals surface area contributed by atoms with Crippen LogP contribution in [0.5, 0.6) is 0 Å². The first-order valence-electron chi connectivity index (χ1n) is 20.9. The monoisotopic (exact) mass is 765 g/mol. The normalized spacial score (nSPS) is 12.6. The highest BCUT2D eigenvalue weighted by molar-refractivity contribution is 6.09. The highest BCUT2D eigenvalue weighted by Gasteiger charge is 2.37. The average Bonchev–Trinajstić information content (AvgIpc) is 3.54. The van der Waals surface area contributed by atoms with Gasteiger partial charge in [0.25, 0.3) is 0 Å². The van der Waals surface area contributed by atoms with Crippen molar-refractivity contribution in [1.29, 1.82) is 0 Å². The first-order chi connectivity index (χ1) is 29.5. The molecular weight excluding hydrogens is 723 g/mol. The van der Waals surface area contributed by atoms with E-state index in [2.05, 4.69) is 243 Å². The van der Waals surface area contributed by atoms with E-state index in [1.54, 1.807) is 0 Å². The fourth-order valence-corrected chi connectivity index (χ4v) is 9.65. The summed E-state index contributed by atoms with van der Waals surface area (Å²) in [7, 11) is 0. The van der Waals surface area contributed by atoms with Gasteiger partial charge in [0.2, 0.25) is 0 Å². The first-order valence-corrected chi connectivity index (χ1v) is 20.9. The Balaban J connectivity index is 1.03. The maximum Gasteiger partial charge on any atom is 0.0540 e. The second-order valence-corrected chi connectivity index (χ2v) is 16.5. The van der Waals surface area contributed by atoms with Crippen molar-refractivity contribution in [3.63, 3.8) is 0 Å². The molecule has 0 aromatic heterocycles. The van der Waals surface area contributed by atoms with Crippen molar-refractivity contribution in [3.8, 4) is 55.6 Å². The third-order valence-electron chi connectivity index (χ3n) is 12.7. The molecule has 0 saturated carbocycles. The zero-order valence-electron chi connectivity index (χ0n) is 33.8. The molecule has 1 aliphatic carbocycles. The molecule has 1 aliphatic rings.